The van der Waals surface area contributed by atoms with Crippen LogP contribution < -0.4 is 0 Å². The third kappa shape index (κ3) is 3.89. The van der Waals surface area contributed by atoms with Crippen molar-refractivity contribution < 1.29 is 24.9 Å². The second kappa shape index (κ2) is 4.81. The molecule has 0 fully saturated rings. The summed E-state index contributed by atoms with van der Waals surface area (Å²) in [6, 6.07) is 0. The maximum absolute atomic E-state index is 10.6. The first kappa shape index (κ1) is 11.9. The molecular weight excluding hydrogens is 176 g/mol. The zero-order chi connectivity index (χ0) is 10.6. The van der Waals surface area contributed by atoms with Gasteiger partial charge in [-0.15, -0.1) is 0 Å². The molecule has 0 aromatic heterocycles. The van der Waals surface area contributed by atoms with Gasteiger partial charge in [-0.25, -0.2) is 4.79 Å². The number of hydrogen-bond acceptors (Lipinski definition) is 3. The molecule has 0 aromatic carbocycles. The summed E-state index contributed by atoms with van der Waals surface area (Å²) in [6.45, 7) is 3.54. The largest absolute Gasteiger partial charge is 0.481 e. The molecule has 5 heteroatoms. The molecule has 3 N–H and O–H groups in total. The van der Waals surface area contributed by atoms with Crippen LogP contribution in [-0.4, -0.2) is 33.4 Å². The van der Waals surface area contributed by atoms with Crippen molar-refractivity contribution >= 4 is 11.9 Å². The topological polar surface area (TPSA) is 94.8 Å². The summed E-state index contributed by atoms with van der Waals surface area (Å²) in [4.78, 5) is 20.9. The van der Waals surface area contributed by atoms with Crippen LogP contribution >= 0.6 is 0 Å². The Hall–Kier alpha value is -1.10. The van der Waals surface area contributed by atoms with E-state index in [2.05, 4.69) is 0 Å². The van der Waals surface area contributed by atoms with Crippen LogP contribution in [0.25, 0.3) is 0 Å². The molecule has 0 aliphatic heterocycles. The Labute approximate surface area is 76.0 Å². The molecule has 0 bridgehead atoms. The van der Waals surface area contributed by atoms with Crippen molar-refractivity contribution in [3.8, 4) is 0 Å². The number of aliphatic hydroxyl groups excluding tert-OH is 1. The Bertz CT molecular complexity index is 199. The van der Waals surface area contributed by atoms with Crippen molar-refractivity contribution in [2.45, 2.75) is 26.4 Å². The van der Waals surface area contributed by atoms with Gasteiger partial charge in [-0.1, -0.05) is 13.8 Å². The van der Waals surface area contributed by atoms with Crippen LogP contribution in [0.15, 0.2) is 0 Å². The average molecular weight is 190 g/mol. The highest BCUT2D eigenvalue weighted by molar-refractivity contribution is 5.81. The van der Waals surface area contributed by atoms with E-state index in [1.54, 1.807) is 13.8 Å². The second-order valence-corrected chi connectivity index (χ2v) is 3.36. The molecule has 13 heavy (non-hydrogen) atoms. The fourth-order valence-electron chi connectivity index (χ4n) is 1.04. The van der Waals surface area contributed by atoms with Gasteiger partial charge in [-0.05, 0) is 12.3 Å². The second-order valence-electron chi connectivity index (χ2n) is 3.36. The van der Waals surface area contributed by atoms with Crippen LogP contribution in [-0.2, 0) is 9.59 Å². The summed E-state index contributed by atoms with van der Waals surface area (Å²) in [5, 5.41) is 26.0. The van der Waals surface area contributed by atoms with Gasteiger partial charge in [-0.3, -0.25) is 4.79 Å². The number of rotatable bonds is 5. The Kier molecular flexibility index (Phi) is 4.40. The zero-order valence-electron chi connectivity index (χ0n) is 7.60. The number of aliphatic carboxylic acids is 2. The molecule has 76 valence electrons. The first-order valence-electron chi connectivity index (χ1n) is 4.00. The average Bonchev–Trinajstić information content (AvgIpc) is 1.97. The van der Waals surface area contributed by atoms with Gasteiger partial charge in [0.25, 0.3) is 0 Å². The summed E-state index contributed by atoms with van der Waals surface area (Å²) < 4.78 is 0. The summed E-state index contributed by atoms with van der Waals surface area (Å²) in [7, 11) is 0. The molecule has 0 aliphatic rings. The number of carboxylic acid groups (broad SMARTS) is 2. The molecule has 5 nitrogen and oxygen atoms in total. The fourth-order valence-corrected chi connectivity index (χ4v) is 1.04. The van der Waals surface area contributed by atoms with Crippen LogP contribution in [0.2, 0.25) is 0 Å². The number of carboxylic acids is 2. The quantitative estimate of drug-likeness (QED) is 0.574. The van der Waals surface area contributed by atoms with Crippen molar-refractivity contribution in [2.24, 2.45) is 11.8 Å². The van der Waals surface area contributed by atoms with Gasteiger partial charge in [0, 0.05) is 0 Å². The number of hydrogen-bond donors (Lipinski definition) is 3. The summed E-state index contributed by atoms with van der Waals surface area (Å²) in [6.07, 6.45) is -1.66. The van der Waals surface area contributed by atoms with E-state index in [-0.39, 0.29) is 12.3 Å². The van der Waals surface area contributed by atoms with E-state index in [0.717, 1.165) is 0 Å². The molecule has 0 radical (unpaired) electrons. The molecular formula is C8H14O5. The van der Waals surface area contributed by atoms with Gasteiger partial charge >= 0.3 is 11.9 Å². The van der Waals surface area contributed by atoms with Gasteiger partial charge in [0.15, 0.2) is 6.10 Å². The van der Waals surface area contributed by atoms with Crippen LogP contribution in [0.3, 0.4) is 0 Å². The van der Waals surface area contributed by atoms with Crippen molar-refractivity contribution in [3.63, 3.8) is 0 Å². The van der Waals surface area contributed by atoms with E-state index in [0.29, 0.717) is 0 Å². The smallest absolute Gasteiger partial charge is 0.333 e. The van der Waals surface area contributed by atoms with E-state index < -0.39 is 24.0 Å². The molecule has 0 saturated heterocycles. The molecule has 0 heterocycles. The minimum atomic E-state index is -1.82. The molecule has 0 spiro atoms. The van der Waals surface area contributed by atoms with Crippen molar-refractivity contribution in [1.82, 2.24) is 0 Å². The lowest BCUT2D eigenvalue weighted by atomic mass is 9.92. The van der Waals surface area contributed by atoms with Crippen LogP contribution in [0, 0.1) is 11.8 Å². The Morgan fingerprint density at radius 1 is 1.15 bits per heavy atom. The zero-order valence-corrected chi connectivity index (χ0v) is 7.60. The number of aliphatic hydroxyl groups is 1. The fraction of sp³-hybridized carbons (Fsp3) is 0.750. The first-order valence-corrected chi connectivity index (χ1v) is 4.00. The highest BCUT2D eigenvalue weighted by atomic mass is 16.4. The minimum absolute atomic E-state index is 0.0371. The third-order valence-electron chi connectivity index (χ3n) is 1.68. The standard InChI is InChI=1S/C8H14O5/c1-4(2)3-5(7(10)11)6(9)8(12)13/h4-6,9H,3H2,1-2H3,(H,10,11)(H,12,13). The molecule has 0 aliphatic carbocycles. The monoisotopic (exact) mass is 190 g/mol. The maximum atomic E-state index is 10.6. The maximum Gasteiger partial charge on any atom is 0.333 e. The first-order chi connectivity index (χ1) is 5.86. The van der Waals surface area contributed by atoms with Crippen LogP contribution in [0.5, 0.6) is 0 Å². The highest BCUT2D eigenvalue weighted by Gasteiger charge is 2.32. The summed E-state index contributed by atoms with van der Waals surface area (Å²) in [5.41, 5.74) is 0. The molecule has 0 saturated carbocycles. The molecule has 2 atom stereocenters. The van der Waals surface area contributed by atoms with Gasteiger partial charge in [-0.2, -0.15) is 0 Å². The van der Waals surface area contributed by atoms with E-state index >= 15 is 0 Å². The van der Waals surface area contributed by atoms with E-state index in [1.165, 1.54) is 0 Å². The van der Waals surface area contributed by atoms with Crippen molar-refractivity contribution in [1.29, 1.82) is 0 Å². The minimum Gasteiger partial charge on any atom is -0.481 e. The number of carbonyl (C=O) groups is 2. The lowest BCUT2D eigenvalue weighted by molar-refractivity contribution is -0.160. The Morgan fingerprint density at radius 3 is 1.85 bits per heavy atom. The van der Waals surface area contributed by atoms with Crippen molar-refractivity contribution in [3.05, 3.63) is 0 Å². The molecule has 2 unspecified atom stereocenters. The molecule has 0 rings (SSSR count). The lowest BCUT2D eigenvalue weighted by Gasteiger charge is -2.17. The Morgan fingerprint density at radius 2 is 1.62 bits per heavy atom. The van der Waals surface area contributed by atoms with Gasteiger partial charge < -0.3 is 15.3 Å². The SMILES string of the molecule is CC(C)CC(C(=O)O)C(O)C(=O)O. The molecule has 0 amide bonds. The van der Waals surface area contributed by atoms with E-state index in [1.807, 2.05) is 0 Å². The predicted octanol–water partition coefficient (Wildman–Crippen LogP) is 0.179. The summed E-state index contributed by atoms with van der Waals surface area (Å²) in [5.74, 6) is -3.95. The third-order valence-corrected chi connectivity index (χ3v) is 1.68. The van der Waals surface area contributed by atoms with Crippen molar-refractivity contribution in [2.75, 3.05) is 0 Å². The molecule has 0 aromatic rings. The predicted molar refractivity (Wildman–Crippen MR) is 44.2 cm³/mol. The van der Waals surface area contributed by atoms with Gasteiger partial charge in [0.2, 0.25) is 0 Å². The van der Waals surface area contributed by atoms with Gasteiger partial charge in [0.05, 0.1) is 5.92 Å². The van der Waals surface area contributed by atoms with Crippen LogP contribution in [0.1, 0.15) is 20.3 Å². The van der Waals surface area contributed by atoms with Gasteiger partial charge in [0.1, 0.15) is 0 Å². The summed E-state index contributed by atoms with van der Waals surface area (Å²) >= 11 is 0. The normalized spacial score (nSPS) is 15.4. The lowest BCUT2D eigenvalue weighted by Crippen LogP contribution is -2.35. The Balaban J connectivity index is 4.42. The van der Waals surface area contributed by atoms with Crippen LogP contribution in [0.4, 0.5) is 0 Å². The van der Waals surface area contributed by atoms with E-state index in [4.69, 9.17) is 15.3 Å². The highest BCUT2D eigenvalue weighted by Crippen LogP contribution is 2.16. The van der Waals surface area contributed by atoms with E-state index in [9.17, 15) is 9.59 Å².